The zero-order valence-corrected chi connectivity index (χ0v) is 15.1. The minimum atomic E-state index is -0.317. The van der Waals surface area contributed by atoms with E-state index < -0.39 is 0 Å². The maximum absolute atomic E-state index is 12.7. The van der Waals surface area contributed by atoms with Crippen molar-refractivity contribution < 1.29 is 14.7 Å². The Labute approximate surface area is 158 Å². The number of benzene rings is 2. The van der Waals surface area contributed by atoms with Crippen molar-refractivity contribution in [2.24, 2.45) is 0 Å². The molecular weight excluding hydrogens is 342 g/mol. The van der Waals surface area contributed by atoms with Crippen LogP contribution < -0.4 is 10.6 Å². The monoisotopic (exact) mass is 365 g/mol. The van der Waals surface area contributed by atoms with E-state index in [1.165, 1.54) is 5.56 Å². The highest BCUT2D eigenvalue weighted by Gasteiger charge is 2.22. The lowest BCUT2D eigenvalue weighted by Crippen LogP contribution is -2.40. The number of rotatable bonds is 3. The van der Waals surface area contributed by atoms with Gasteiger partial charge in [0, 0.05) is 43.0 Å². The van der Waals surface area contributed by atoms with Crippen LogP contribution >= 0.6 is 0 Å². The minimum Gasteiger partial charge on any atom is -0.393 e. The normalized spacial score (nSPS) is 16.9. The summed E-state index contributed by atoms with van der Waals surface area (Å²) in [7, 11) is 0. The molecule has 0 bridgehead atoms. The summed E-state index contributed by atoms with van der Waals surface area (Å²) < 4.78 is 0. The summed E-state index contributed by atoms with van der Waals surface area (Å²) in [6.07, 6.45) is 0.896. The van der Waals surface area contributed by atoms with E-state index >= 15 is 0 Å². The van der Waals surface area contributed by atoms with Crippen molar-refractivity contribution in [3.05, 3.63) is 64.7 Å². The number of aliphatic hydroxyl groups is 1. The molecule has 2 aliphatic heterocycles. The second-order valence-electron chi connectivity index (χ2n) is 7.15. The van der Waals surface area contributed by atoms with Crippen LogP contribution in [0.2, 0.25) is 0 Å². The first-order chi connectivity index (χ1) is 13.1. The third kappa shape index (κ3) is 3.86. The molecule has 0 saturated carbocycles. The number of hydrogen-bond acceptors (Lipinski definition) is 4. The third-order valence-corrected chi connectivity index (χ3v) is 5.22. The zero-order valence-electron chi connectivity index (χ0n) is 15.1. The Morgan fingerprint density at radius 2 is 1.78 bits per heavy atom. The highest BCUT2D eigenvalue weighted by molar-refractivity contribution is 6.05. The van der Waals surface area contributed by atoms with Crippen molar-refractivity contribution in [3.8, 4) is 0 Å². The first kappa shape index (κ1) is 17.7. The standard InChI is InChI=1S/C21H23N3O3/c25-19-6-8-24(9-7-19)21(27)15-2-1-3-18(11-15)23-20(26)14-4-5-16-12-22-13-17(16)10-14/h1-5,10-11,19,22,25H,6-9,12-13H2,(H,23,26). The summed E-state index contributed by atoms with van der Waals surface area (Å²) in [5, 5.41) is 15.8. The molecule has 0 unspecified atom stereocenters. The fourth-order valence-electron chi connectivity index (χ4n) is 3.62. The van der Waals surface area contributed by atoms with Crippen molar-refractivity contribution in [1.29, 1.82) is 0 Å². The number of amides is 2. The molecule has 6 nitrogen and oxygen atoms in total. The van der Waals surface area contributed by atoms with E-state index in [0.29, 0.717) is 42.7 Å². The topological polar surface area (TPSA) is 81.7 Å². The summed E-state index contributed by atoms with van der Waals surface area (Å²) in [5.74, 6) is -0.253. The van der Waals surface area contributed by atoms with Crippen LogP contribution in [-0.4, -0.2) is 41.0 Å². The van der Waals surface area contributed by atoms with E-state index in [1.807, 2.05) is 18.2 Å². The van der Waals surface area contributed by atoms with Gasteiger partial charge >= 0.3 is 0 Å². The van der Waals surface area contributed by atoms with Crippen molar-refractivity contribution in [2.75, 3.05) is 18.4 Å². The van der Waals surface area contributed by atoms with Gasteiger partial charge in [0.15, 0.2) is 0 Å². The molecule has 6 heteroatoms. The van der Waals surface area contributed by atoms with Gasteiger partial charge in [0.25, 0.3) is 11.8 Å². The van der Waals surface area contributed by atoms with Crippen molar-refractivity contribution in [2.45, 2.75) is 32.0 Å². The van der Waals surface area contributed by atoms with Crippen molar-refractivity contribution in [1.82, 2.24) is 10.2 Å². The minimum absolute atomic E-state index is 0.0680. The van der Waals surface area contributed by atoms with E-state index in [2.05, 4.69) is 10.6 Å². The van der Waals surface area contributed by atoms with Gasteiger partial charge in [0.05, 0.1) is 6.10 Å². The Kier molecular flexibility index (Phi) is 4.92. The van der Waals surface area contributed by atoms with Gasteiger partial charge in [0.1, 0.15) is 0 Å². The molecule has 0 atom stereocenters. The average Bonchev–Trinajstić information content (AvgIpc) is 3.16. The molecule has 2 aromatic rings. The fourth-order valence-corrected chi connectivity index (χ4v) is 3.62. The molecule has 140 valence electrons. The second-order valence-corrected chi connectivity index (χ2v) is 7.15. The van der Waals surface area contributed by atoms with E-state index in [-0.39, 0.29) is 17.9 Å². The number of fused-ring (bicyclic) bond motifs is 1. The van der Waals surface area contributed by atoms with Gasteiger partial charge in [0.2, 0.25) is 0 Å². The highest BCUT2D eigenvalue weighted by atomic mass is 16.3. The first-order valence-electron chi connectivity index (χ1n) is 9.31. The zero-order chi connectivity index (χ0) is 18.8. The van der Waals surface area contributed by atoms with E-state index in [1.54, 1.807) is 29.2 Å². The molecule has 2 amide bonds. The van der Waals surface area contributed by atoms with E-state index in [4.69, 9.17) is 0 Å². The predicted molar refractivity (Wildman–Crippen MR) is 103 cm³/mol. The predicted octanol–water partition coefficient (Wildman–Crippen LogP) is 2.14. The third-order valence-electron chi connectivity index (χ3n) is 5.22. The lowest BCUT2D eigenvalue weighted by Gasteiger charge is -2.29. The smallest absolute Gasteiger partial charge is 0.255 e. The summed E-state index contributed by atoms with van der Waals surface area (Å²) in [6.45, 7) is 2.74. The summed E-state index contributed by atoms with van der Waals surface area (Å²) in [4.78, 5) is 27.0. The van der Waals surface area contributed by atoms with E-state index in [9.17, 15) is 14.7 Å². The highest BCUT2D eigenvalue weighted by Crippen LogP contribution is 2.20. The lowest BCUT2D eigenvalue weighted by molar-refractivity contribution is 0.0546. The van der Waals surface area contributed by atoms with Gasteiger partial charge in [-0.15, -0.1) is 0 Å². The molecule has 0 radical (unpaired) electrons. The molecule has 3 N–H and O–H groups in total. The number of aliphatic hydroxyl groups excluding tert-OH is 1. The number of carbonyl (C=O) groups excluding carboxylic acids is 2. The Morgan fingerprint density at radius 3 is 2.59 bits per heavy atom. The Balaban J connectivity index is 1.46. The number of anilines is 1. The molecule has 4 rings (SSSR count). The second kappa shape index (κ2) is 7.50. The maximum atomic E-state index is 12.7. The van der Waals surface area contributed by atoms with Gasteiger partial charge < -0.3 is 20.6 Å². The van der Waals surface area contributed by atoms with Crippen LogP contribution in [0.5, 0.6) is 0 Å². The number of nitrogens with one attached hydrogen (secondary N) is 2. The van der Waals surface area contributed by atoms with Crippen molar-refractivity contribution in [3.63, 3.8) is 0 Å². The van der Waals surface area contributed by atoms with E-state index in [0.717, 1.165) is 18.7 Å². The van der Waals surface area contributed by atoms with Crippen LogP contribution in [0.25, 0.3) is 0 Å². The fraction of sp³-hybridized carbons (Fsp3) is 0.333. The Bertz CT molecular complexity index is 873. The molecule has 2 heterocycles. The first-order valence-corrected chi connectivity index (χ1v) is 9.31. The van der Waals surface area contributed by atoms with Crippen LogP contribution in [0.1, 0.15) is 44.7 Å². The number of piperidine rings is 1. The summed E-state index contributed by atoms with van der Waals surface area (Å²) in [6, 6.07) is 12.7. The Hall–Kier alpha value is -2.70. The number of likely N-dealkylation sites (tertiary alicyclic amines) is 1. The molecule has 0 aliphatic carbocycles. The van der Waals surface area contributed by atoms with Crippen LogP contribution in [0.4, 0.5) is 5.69 Å². The van der Waals surface area contributed by atoms with Gasteiger partial charge in [-0.05, 0) is 54.3 Å². The number of hydrogen-bond donors (Lipinski definition) is 3. The number of carbonyl (C=O) groups is 2. The SMILES string of the molecule is O=C(Nc1cccc(C(=O)N2CCC(O)CC2)c1)c1ccc2c(c1)CNC2. The van der Waals surface area contributed by atoms with Gasteiger partial charge in [-0.25, -0.2) is 0 Å². The maximum Gasteiger partial charge on any atom is 0.255 e. The molecule has 0 aromatic heterocycles. The lowest BCUT2D eigenvalue weighted by atomic mass is 10.1. The summed E-state index contributed by atoms with van der Waals surface area (Å²) >= 11 is 0. The van der Waals surface area contributed by atoms with Gasteiger partial charge in [-0.3, -0.25) is 9.59 Å². The molecule has 2 aliphatic rings. The largest absolute Gasteiger partial charge is 0.393 e. The van der Waals surface area contributed by atoms with Crippen LogP contribution in [0, 0.1) is 0 Å². The average molecular weight is 365 g/mol. The van der Waals surface area contributed by atoms with Gasteiger partial charge in [-0.2, -0.15) is 0 Å². The molecule has 27 heavy (non-hydrogen) atoms. The quantitative estimate of drug-likeness (QED) is 0.778. The number of nitrogens with zero attached hydrogens (tertiary/aromatic N) is 1. The van der Waals surface area contributed by atoms with Crippen LogP contribution in [-0.2, 0) is 13.1 Å². The molecule has 0 spiro atoms. The van der Waals surface area contributed by atoms with Crippen molar-refractivity contribution >= 4 is 17.5 Å². The van der Waals surface area contributed by atoms with Crippen LogP contribution in [0.3, 0.4) is 0 Å². The van der Waals surface area contributed by atoms with Gasteiger partial charge in [-0.1, -0.05) is 12.1 Å². The Morgan fingerprint density at radius 1 is 1.00 bits per heavy atom. The van der Waals surface area contributed by atoms with Crippen LogP contribution in [0.15, 0.2) is 42.5 Å². The summed E-state index contributed by atoms with van der Waals surface area (Å²) in [5.41, 5.74) is 4.13. The molecule has 1 fully saturated rings. The molecule has 1 saturated heterocycles. The molecule has 2 aromatic carbocycles. The molecular formula is C21H23N3O3.